The third-order valence-electron chi connectivity index (χ3n) is 8.00. The summed E-state index contributed by atoms with van der Waals surface area (Å²) in [5.74, 6) is -0.723. The number of benzene rings is 2. The van der Waals surface area contributed by atoms with Crippen LogP contribution in [0.15, 0.2) is 72.8 Å². The topological polar surface area (TPSA) is 89.3 Å². The van der Waals surface area contributed by atoms with Crippen molar-refractivity contribution in [3.63, 3.8) is 0 Å². The zero-order valence-corrected chi connectivity index (χ0v) is 20.3. The summed E-state index contributed by atoms with van der Waals surface area (Å²) in [5, 5.41) is 17.9. The molecule has 0 unspecified atom stereocenters. The minimum Gasteiger partial charge on any atom is -0.389 e. The van der Waals surface area contributed by atoms with Crippen molar-refractivity contribution in [3.05, 3.63) is 84.2 Å². The van der Waals surface area contributed by atoms with E-state index in [-0.39, 0.29) is 11.2 Å². The number of pyridine rings is 2. The van der Waals surface area contributed by atoms with Gasteiger partial charge in [-0.1, -0.05) is 54.6 Å². The van der Waals surface area contributed by atoms with E-state index in [2.05, 4.69) is 10.2 Å². The molecule has 2 aliphatic carbocycles. The molecular formula is C29H24F3N5O. The summed E-state index contributed by atoms with van der Waals surface area (Å²) in [6.45, 7) is 0. The van der Waals surface area contributed by atoms with Crippen LogP contribution in [0, 0.1) is 5.92 Å². The van der Waals surface area contributed by atoms with Gasteiger partial charge in [0.05, 0.1) is 22.3 Å². The standard InChI is InChI=1S/C29H24F3N5O/c30-29(31,32)26-36-35-24-13-12-22-23(37(24)26)14-21(17-4-2-1-3-5-17)25(34-22)18-6-8-19(9-7-18)27(33)15-28(38,16-27)20-10-11-20/h1-9,12-14,20,38H,10-11,15-16,33H2/t27-,28-. The van der Waals surface area contributed by atoms with Crippen LogP contribution in [0.3, 0.4) is 0 Å². The normalized spacial score (nSPS) is 23.6. The molecule has 9 heteroatoms. The molecule has 38 heavy (non-hydrogen) atoms. The van der Waals surface area contributed by atoms with Gasteiger partial charge >= 0.3 is 6.18 Å². The Kier molecular flexibility index (Phi) is 4.81. The predicted molar refractivity (Wildman–Crippen MR) is 137 cm³/mol. The number of nitrogens with two attached hydrogens (primary N) is 1. The molecule has 2 fully saturated rings. The molecule has 6 nitrogen and oxygen atoms in total. The minimum atomic E-state index is -4.67. The number of aliphatic hydroxyl groups is 1. The van der Waals surface area contributed by atoms with E-state index in [9.17, 15) is 18.3 Å². The monoisotopic (exact) mass is 515 g/mol. The van der Waals surface area contributed by atoms with Gasteiger partial charge in [-0.2, -0.15) is 13.2 Å². The number of hydrogen-bond donors (Lipinski definition) is 2. The third kappa shape index (κ3) is 3.60. The lowest BCUT2D eigenvalue weighted by Crippen LogP contribution is -2.60. The van der Waals surface area contributed by atoms with Crippen LogP contribution in [-0.4, -0.2) is 30.3 Å². The Balaban J connectivity index is 1.36. The van der Waals surface area contributed by atoms with Gasteiger partial charge < -0.3 is 10.8 Å². The highest BCUT2D eigenvalue weighted by molar-refractivity contribution is 5.91. The highest BCUT2D eigenvalue weighted by atomic mass is 19.4. The lowest BCUT2D eigenvalue weighted by molar-refractivity contribution is -0.145. The van der Waals surface area contributed by atoms with Gasteiger partial charge in [0, 0.05) is 16.7 Å². The maximum atomic E-state index is 13.7. The fourth-order valence-corrected chi connectivity index (χ4v) is 5.97. The quantitative estimate of drug-likeness (QED) is 0.320. The molecule has 3 heterocycles. The molecule has 0 atom stereocenters. The molecule has 0 bridgehead atoms. The van der Waals surface area contributed by atoms with E-state index in [0.29, 0.717) is 35.5 Å². The average Bonchev–Trinajstić information content (AvgIpc) is 3.65. The summed E-state index contributed by atoms with van der Waals surface area (Å²) in [6.07, 6.45) is -1.45. The van der Waals surface area contributed by atoms with Crippen molar-refractivity contribution >= 4 is 16.7 Å². The van der Waals surface area contributed by atoms with Crippen molar-refractivity contribution in [1.29, 1.82) is 0 Å². The molecule has 0 radical (unpaired) electrons. The minimum absolute atomic E-state index is 0.0997. The summed E-state index contributed by atoms with van der Waals surface area (Å²) in [5.41, 5.74) is 10.1. The second-order valence-corrected chi connectivity index (χ2v) is 10.7. The van der Waals surface area contributed by atoms with Crippen LogP contribution < -0.4 is 5.73 Å². The number of halogens is 3. The second kappa shape index (κ2) is 7.85. The van der Waals surface area contributed by atoms with Crippen molar-refractivity contribution in [2.24, 2.45) is 11.7 Å². The fraction of sp³-hybridized carbons (Fsp3) is 0.276. The Hall–Kier alpha value is -3.82. The van der Waals surface area contributed by atoms with Crippen LogP contribution in [0.4, 0.5) is 13.2 Å². The van der Waals surface area contributed by atoms with Gasteiger partial charge in [-0.25, -0.2) is 4.98 Å². The first-order valence-corrected chi connectivity index (χ1v) is 12.6. The first kappa shape index (κ1) is 23.3. The van der Waals surface area contributed by atoms with Crippen LogP contribution in [-0.2, 0) is 11.7 Å². The van der Waals surface area contributed by atoms with E-state index in [1.54, 1.807) is 12.1 Å². The second-order valence-electron chi connectivity index (χ2n) is 10.7. The van der Waals surface area contributed by atoms with Crippen LogP contribution >= 0.6 is 0 Å². The van der Waals surface area contributed by atoms with Gasteiger partial charge in [-0.15, -0.1) is 10.2 Å². The van der Waals surface area contributed by atoms with Crippen molar-refractivity contribution in [3.8, 4) is 22.4 Å². The fourth-order valence-electron chi connectivity index (χ4n) is 5.97. The van der Waals surface area contributed by atoms with Gasteiger partial charge in [-0.05, 0) is 60.9 Å². The molecule has 0 spiro atoms. The van der Waals surface area contributed by atoms with Crippen LogP contribution in [0.5, 0.6) is 0 Å². The summed E-state index contributed by atoms with van der Waals surface area (Å²) in [4.78, 5) is 4.84. The summed E-state index contributed by atoms with van der Waals surface area (Å²) < 4.78 is 42.2. The molecular weight excluding hydrogens is 491 g/mol. The van der Waals surface area contributed by atoms with Gasteiger partial charge in [0.15, 0.2) is 5.65 Å². The zero-order valence-electron chi connectivity index (χ0n) is 20.3. The van der Waals surface area contributed by atoms with Gasteiger partial charge in [0.25, 0.3) is 0 Å². The Morgan fingerprint density at radius 1 is 0.895 bits per heavy atom. The van der Waals surface area contributed by atoms with Crippen molar-refractivity contribution in [2.75, 3.05) is 0 Å². The molecule has 7 rings (SSSR count). The summed E-state index contributed by atoms with van der Waals surface area (Å²) in [6, 6.07) is 22.1. The zero-order chi connectivity index (χ0) is 26.3. The Morgan fingerprint density at radius 2 is 1.61 bits per heavy atom. The maximum Gasteiger partial charge on any atom is 0.452 e. The first-order chi connectivity index (χ1) is 18.1. The Morgan fingerprint density at radius 3 is 2.26 bits per heavy atom. The summed E-state index contributed by atoms with van der Waals surface area (Å²) >= 11 is 0. The van der Waals surface area contributed by atoms with Gasteiger partial charge in [-0.3, -0.25) is 4.40 Å². The van der Waals surface area contributed by atoms with E-state index in [4.69, 9.17) is 10.7 Å². The number of rotatable bonds is 4. The van der Waals surface area contributed by atoms with E-state index in [0.717, 1.165) is 33.9 Å². The van der Waals surface area contributed by atoms with Crippen molar-refractivity contribution in [2.45, 2.75) is 43.0 Å². The molecule has 0 aliphatic heterocycles. The highest BCUT2D eigenvalue weighted by Gasteiger charge is 2.58. The van der Waals surface area contributed by atoms with E-state index >= 15 is 0 Å². The van der Waals surface area contributed by atoms with E-state index in [1.807, 2.05) is 54.6 Å². The molecule has 192 valence electrons. The first-order valence-electron chi connectivity index (χ1n) is 12.6. The van der Waals surface area contributed by atoms with E-state index < -0.39 is 23.1 Å². The maximum absolute atomic E-state index is 13.7. The Labute approximate surface area is 216 Å². The Bertz CT molecular complexity index is 1690. The van der Waals surface area contributed by atoms with Crippen molar-refractivity contribution in [1.82, 2.24) is 19.6 Å². The molecule has 2 aliphatic rings. The lowest BCUT2D eigenvalue weighted by Gasteiger charge is -2.52. The number of aromatic nitrogens is 4. The molecule has 2 aromatic carbocycles. The molecule has 2 saturated carbocycles. The summed E-state index contributed by atoms with van der Waals surface area (Å²) in [7, 11) is 0. The number of hydrogen-bond acceptors (Lipinski definition) is 5. The average molecular weight is 516 g/mol. The van der Waals surface area contributed by atoms with Crippen LogP contribution in [0.25, 0.3) is 39.1 Å². The molecule has 5 aromatic rings. The number of nitrogens with zero attached hydrogens (tertiary/aromatic N) is 4. The van der Waals surface area contributed by atoms with Gasteiger partial charge in [0.2, 0.25) is 5.82 Å². The predicted octanol–water partition coefficient (Wildman–Crippen LogP) is 5.72. The SMILES string of the molecule is N[C@]1(c2ccc(-c3nc4ccc5nnc(C(F)(F)F)n5c4cc3-c3ccccc3)cc2)C[C@](O)(C2CC2)C1. The number of alkyl halides is 3. The molecule has 3 aromatic heterocycles. The van der Waals surface area contributed by atoms with Gasteiger partial charge in [0.1, 0.15) is 0 Å². The lowest BCUT2D eigenvalue weighted by atomic mass is 9.60. The third-order valence-corrected chi connectivity index (χ3v) is 8.00. The van der Waals surface area contributed by atoms with Crippen LogP contribution in [0.1, 0.15) is 37.1 Å². The van der Waals surface area contributed by atoms with Crippen LogP contribution in [0.2, 0.25) is 0 Å². The van der Waals surface area contributed by atoms with E-state index in [1.165, 1.54) is 6.07 Å². The highest BCUT2D eigenvalue weighted by Crippen LogP contribution is 2.57. The molecule has 0 amide bonds. The molecule has 3 N–H and O–H groups in total. The van der Waals surface area contributed by atoms with Crippen molar-refractivity contribution < 1.29 is 18.3 Å². The smallest absolute Gasteiger partial charge is 0.389 e. The number of fused-ring (bicyclic) bond motifs is 3. The molecule has 0 saturated heterocycles. The largest absolute Gasteiger partial charge is 0.452 e.